The number of ketones is 1. The Labute approximate surface area is 162 Å². The van der Waals surface area contributed by atoms with E-state index < -0.39 is 5.97 Å². The zero-order chi connectivity index (χ0) is 19.9. The number of aliphatic carboxylic acids is 1. The van der Waals surface area contributed by atoms with Gasteiger partial charge >= 0.3 is 5.97 Å². The second-order valence-electron chi connectivity index (χ2n) is 7.11. The summed E-state index contributed by atoms with van der Waals surface area (Å²) in [5.74, 6) is -0.765. The predicted octanol–water partition coefficient (Wildman–Crippen LogP) is 4.67. The van der Waals surface area contributed by atoms with Gasteiger partial charge in [0.15, 0.2) is 5.78 Å². The number of carboxylic acids is 1. The summed E-state index contributed by atoms with van der Waals surface area (Å²) in [7, 11) is 0. The monoisotopic (exact) mass is 375 g/mol. The summed E-state index contributed by atoms with van der Waals surface area (Å²) in [5.41, 5.74) is 1.78. The molecule has 5 nitrogen and oxygen atoms in total. The Morgan fingerprint density at radius 1 is 0.778 bits per heavy atom. The topological polar surface area (TPSA) is 83.5 Å². The van der Waals surface area contributed by atoms with Crippen LogP contribution < -0.4 is 5.32 Å². The third-order valence-electron chi connectivity index (χ3n) is 4.59. The number of rotatable bonds is 15. The van der Waals surface area contributed by atoms with Crippen molar-refractivity contribution in [3.63, 3.8) is 0 Å². The highest BCUT2D eigenvalue weighted by Crippen LogP contribution is 2.10. The van der Waals surface area contributed by atoms with Gasteiger partial charge in [-0.05, 0) is 19.8 Å². The maximum Gasteiger partial charge on any atom is 0.303 e. The first kappa shape index (κ1) is 22.9. The van der Waals surface area contributed by atoms with Crippen molar-refractivity contribution in [2.75, 3.05) is 6.54 Å². The van der Waals surface area contributed by atoms with Crippen molar-refractivity contribution in [1.29, 1.82) is 0 Å². The van der Waals surface area contributed by atoms with Crippen LogP contribution in [0.4, 0.5) is 0 Å². The van der Waals surface area contributed by atoms with E-state index in [1.807, 2.05) is 31.2 Å². The van der Waals surface area contributed by atoms with Gasteiger partial charge in [-0.1, -0.05) is 68.4 Å². The Hall–Kier alpha value is -2.17. The summed E-state index contributed by atoms with van der Waals surface area (Å²) in [5, 5.41) is 11.4. The van der Waals surface area contributed by atoms with Crippen LogP contribution in [-0.4, -0.2) is 29.3 Å². The number of Topliss-reactive ketones (excluding diaryl/α,β-unsaturated/α-hetero) is 1. The van der Waals surface area contributed by atoms with Crippen molar-refractivity contribution in [1.82, 2.24) is 5.32 Å². The number of nitrogens with one attached hydrogen (secondary N) is 1. The molecule has 0 atom stereocenters. The molecule has 0 saturated carbocycles. The third kappa shape index (κ3) is 11.9. The average molecular weight is 376 g/mol. The van der Waals surface area contributed by atoms with E-state index in [0.717, 1.165) is 56.9 Å². The molecule has 1 amide bonds. The van der Waals surface area contributed by atoms with Crippen molar-refractivity contribution in [3.8, 4) is 0 Å². The molecule has 0 aromatic heterocycles. The Morgan fingerprint density at radius 3 is 1.93 bits per heavy atom. The molecule has 0 heterocycles. The molecular weight excluding hydrogens is 342 g/mol. The molecule has 1 aromatic rings. The van der Waals surface area contributed by atoms with Gasteiger partial charge in [0.2, 0.25) is 5.91 Å². The zero-order valence-corrected chi connectivity index (χ0v) is 16.5. The quantitative estimate of drug-likeness (QED) is 0.345. The highest BCUT2D eigenvalue weighted by atomic mass is 16.4. The molecule has 0 saturated heterocycles. The fourth-order valence-electron chi connectivity index (χ4n) is 2.89. The summed E-state index contributed by atoms with van der Waals surface area (Å²) < 4.78 is 0. The SMILES string of the molecule is Cc1ccc(C(=O)CCC(=O)NCCCCCCCCCCC(=O)O)cc1. The average Bonchev–Trinajstić information content (AvgIpc) is 2.64. The largest absolute Gasteiger partial charge is 0.481 e. The summed E-state index contributed by atoms with van der Waals surface area (Å²) >= 11 is 0. The van der Waals surface area contributed by atoms with E-state index in [2.05, 4.69) is 5.32 Å². The molecule has 150 valence electrons. The smallest absolute Gasteiger partial charge is 0.303 e. The van der Waals surface area contributed by atoms with E-state index in [1.54, 1.807) is 0 Å². The molecule has 0 unspecified atom stereocenters. The lowest BCUT2D eigenvalue weighted by molar-refractivity contribution is -0.137. The van der Waals surface area contributed by atoms with E-state index in [9.17, 15) is 14.4 Å². The van der Waals surface area contributed by atoms with Crippen LogP contribution in [0.3, 0.4) is 0 Å². The number of carbonyl (C=O) groups excluding carboxylic acids is 2. The molecule has 0 bridgehead atoms. The Morgan fingerprint density at radius 2 is 1.33 bits per heavy atom. The number of aryl methyl sites for hydroxylation is 1. The Kier molecular flexibility index (Phi) is 11.8. The van der Waals surface area contributed by atoms with Crippen LogP contribution in [0.5, 0.6) is 0 Å². The fraction of sp³-hybridized carbons (Fsp3) is 0.591. The van der Waals surface area contributed by atoms with E-state index in [4.69, 9.17) is 5.11 Å². The molecule has 0 aliphatic heterocycles. The van der Waals surface area contributed by atoms with Crippen LogP contribution >= 0.6 is 0 Å². The van der Waals surface area contributed by atoms with Crippen LogP contribution in [0.1, 0.15) is 86.6 Å². The van der Waals surface area contributed by atoms with Crippen molar-refractivity contribution >= 4 is 17.7 Å². The summed E-state index contributed by atoms with van der Waals surface area (Å²) in [6.07, 6.45) is 9.10. The minimum absolute atomic E-state index is 0.00787. The number of benzene rings is 1. The minimum Gasteiger partial charge on any atom is -0.481 e. The molecule has 0 aliphatic carbocycles. The minimum atomic E-state index is -0.712. The molecule has 0 spiro atoms. The molecule has 0 aliphatic rings. The number of hydrogen-bond acceptors (Lipinski definition) is 3. The van der Waals surface area contributed by atoms with Gasteiger partial charge in [-0.15, -0.1) is 0 Å². The molecular formula is C22H33NO4. The molecule has 27 heavy (non-hydrogen) atoms. The van der Waals surface area contributed by atoms with Crippen LogP contribution in [0, 0.1) is 6.92 Å². The molecule has 0 radical (unpaired) electrons. The van der Waals surface area contributed by atoms with Gasteiger partial charge in [0, 0.05) is 31.4 Å². The van der Waals surface area contributed by atoms with Crippen LogP contribution in [0.25, 0.3) is 0 Å². The lowest BCUT2D eigenvalue weighted by Crippen LogP contribution is -2.24. The van der Waals surface area contributed by atoms with E-state index >= 15 is 0 Å². The maximum atomic E-state index is 12.0. The highest BCUT2D eigenvalue weighted by Gasteiger charge is 2.08. The van der Waals surface area contributed by atoms with Crippen LogP contribution in [0.15, 0.2) is 24.3 Å². The van der Waals surface area contributed by atoms with Crippen LogP contribution in [-0.2, 0) is 9.59 Å². The number of amides is 1. The van der Waals surface area contributed by atoms with Gasteiger partial charge < -0.3 is 10.4 Å². The van der Waals surface area contributed by atoms with E-state index in [1.165, 1.54) is 0 Å². The number of unbranched alkanes of at least 4 members (excludes halogenated alkanes) is 7. The van der Waals surface area contributed by atoms with Crippen LogP contribution in [0.2, 0.25) is 0 Å². The second-order valence-corrected chi connectivity index (χ2v) is 7.11. The lowest BCUT2D eigenvalue weighted by Gasteiger charge is -2.06. The zero-order valence-electron chi connectivity index (χ0n) is 16.5. The molecule has 0 fully saturated rings. The van der Waals surface area contributed by atoms with Gasteiger partial charge in [-0.25, -0.2) is 0 Å². The molecule has 1 aromatic carbocycles. The van der Waals surface area contributed by atoms with Gasteiger partial charge in [-0.2, -0.15) is 0 Å². The first-order valence-electron chi connectivity index (χ1n) is 10.1. The summed E-state index contributed by atoms with van der Waals surface area (Å²) in [6.45, 7) is 2.64. The first-order chi connectivity index (χ1) is 13.0. The standard InChI is InChI=1S/C22H33NO4/c1-18-11-13-19(14-12-18)20(24)15-16-21(25)23-17-9-7-5-3-2-4-6-8-10-22(26)27/h11-14H,2-10,15-17H2,1H3,(H,23,25)(H,26,27). The van der Waals surface area contributed by atoms with Gasteiger partial charge in [-0.3, -0.25) is 14.4 Å². The second kappa shape index (κ2) is 14.0. The van der Waals surface area contributed by atoms with E-state index in [-0.39, 0.29) is 31.0 Å². The van der Waals surface area contributed by atoms with Gasteiger partial charge in [0.25, 0.3) is 0 Å². The van der Waals surface area contributed by atoms with Gasteiger partial charge in [0.05, 0.1) is 0 Å². The van der Waals surface area contributed by atoms with E-state index in [0.29, 0.717) is 12.1 Å². The number of carboxylic acid groups (broad SMARTS) is 1. The van der Waals surface area contributed by atoms with Crippen molar-refractivity contribution in [2.45, 2.75) is 77.6 Å². The Bertz CT molecular complexity index is 580. The highest BCUT2D eigenvalue weighted by molar-refractivity contribution is 5.97. The number of hydrogen-bond donors (Lipinski definition) is 2. The number of carbonyl (C=O) groups is 3. The fourth-order valence-corrected chi connectivity index (χ4v) is 2.89. The van der Waals surface area contributed by atoms with Crippen molar-refractivity contribution in [2.24, 2.45) is 0 Å². The lowest BCUT2D eigenvalue weighted by atomic mass is 10.0. The van der Waals surface area contributed by atoms with Gasteiger partial charge in [0.1, 0.15) is 0 Å². The summed E-state index contributed by atoms with van der Waals surface area (Å²) in [6, 6.07) is 7.43. The molecule has 1 rings (SSSR count). The molecule has 2 N–H and O–H groups in total. The molecule has 5 heteroatoms. The van der Waals surface area contributed by atoms with Crippen molar-refractivity contribution in [3.05, 3.63) is 35.4 Å². The normalized spacial score (nSPS) is 10.6. The third-order valence-corrected chi connectivity index (χ3v) is 4.59. The predicted molar refractivity (Wildman–Crippen MR) is 107 cm³/mol. The maximum absolute atomic E-state index is 12.0. The van der Waals surface area contributed by atoms with Crippen molar-refractivity contribution < 1.29 is 19.5 Å². The Balaban J connectivity index is 1.94. The summed E-state index contributed by atoms with van der Waals surface area (Å²) in [4.78, 5) is 34.2. The first-order valence-corrected chi connectivity index (χ1v) is 10.1.